The van der Waals surface area contributed by atoms with Gasteiger partial charge in [-0.15, -0.1) is 0 Å². The van der Waals surface area contributed by atoms with Gasteiger partial charge in [0.2, 0.25) is 0 Å². The van der Waals surface area contributed by atoms with E-state index in [0.717, 1.165) is 12.8 Å². The average molecular weight is 110 g/mol. The largest absolute Gasteiger partial charge is 0.295 e. The molecule has 0 saturated carbocycles. The fraction of sp³-hybridized carbons (Fsp3) is 0.571. The van der Waals surface area contributed by atoms with Crippen molar-refractivity contribution in [2.24, 2.45) is 5.92 Å². The lowest BCUT2D eigenvalue weighted by Gasteiger charge is -1.96. The Kier molecular flexibility index (Phi) is 1.47. The Balaban J connectivity index is 2.46. The van der Waals surface area contributed by atoms with Crippen molar-refractivity contribution in [2.75, 3.05) is 0 Å². The van der Waals surface area contributed by atoms with Crippen molar-refractivity contribution in [3.05, 3.63) is 12.2 Å². The molecule has 0 fully saturated rings. The molecule has 1 rings (SSSR count). The molecular weight excluding hydrogens is 100 g/mol. The van der Waals surface area contributed by atoms with E-state index in [1.807, 2.05) is 6.08 Å². The summed E-state index contributed by atoms with van der Waals surface area (Å²) < 4.78 is 0. The fourth-order valence-electron chi connectivity index (χ4n) is 0.918. The summed E-state index contributed by atoms with van der Waals surface area (Å²) in [5.74, 6) is 0.833. The Morgan fingerprint density at radius 3 is 2.88 bits per heavy atom. The van der Waals surface area contributed by atoms with E-state index in [2.05, 4.69) is 6.92 Å². The first-order valence-corrected chi connectivity index (χ1v) is 3.04. The van der Waals surface area contributed by atoms with Crippen molar-refractivity contribution in [3.8, 4) is 0 Å². The van der Waals surface area contributed by atoms with Gasteiger partial charge in [-0.1, -0.05) is 13.0 Å². The first-order valence-electron chi connectivity index (χ1n) is 3.04. The van der Waals surface area contributed by atoms with E-state index in [4.69, 9.17) is 0 Å². The van der Waals surface area contributed by atoms with Crippen LogP contribution in [0.2, 0.25) is 0 Å². The molecule has 1 aliphatic rings. The zero-order chi connectivity index (χ0) is 5.98. The predicted molar refractivity (Wildman–Crippen MR) is 32.5 cm³/mol. The van der Waals surface area contributed by atoms with Gasteiger partial charge in [0.15, 0.2) is 5.78 Å². The molecule has 1 heteroatoms. The Morgan fingerprint density at radius 1 is 1.88 bits per heavy atom. The van der Waals surface area contributed by atoms with Crippen LogP contribution in [0, 0.1) is 5.92 Å². The second-order valence-electron chi connectivity index (χ2n) is 2.20. The number of rotatable bonds is 1. The zero-order valence-corrected chi connectivity index (χ0v) is 5.05. The first kappa shape index (κ1) is 5.54. The zero-order valence-electron chi connectivity index (χ0n) is 5.05. The van der Waals surface area contributed by atoms with Crippen LogP contribution in [-0.2, 0) is 4.79 Å². The quantitative estimate of drug-likeness (QED) is 0.500. The first-order chi connectivity index (χ1) is 3.83. The van der Waals surface area contributed by atoms with Gasteiger partial charge in [0, 0.05) is 6.42 Å². The van der Waals surface area contributed by atoms with E-state index < -0.39 is 0 Å². The van der Waals surface area contributed by atoms with Crippen LogP contribution in [0.25, 0.3) is 0 Å². The molecule has 0 spiro atoms. The maximum absolute atomic E-state index is 10.5. The third kappa shape index (κ3) is 0.971. The standard InChI is InChI=1S/C7H10O/c1-2-6-3-4-7(8)5-6/h3-4,6H,2,5H2,1H3/t6-/m0/s1. The molecule has 0 aromatic rings. The SMILES string of the molecule is CC[C@H]1C=CC(=O)C1. The minimum absolute atomic E-state index is 0.289. The summed E-state index contributed by atoms with van der Waals surface area (Å²) in [5.41, 5.74) is 0. The molecule has 0 aliphatic heterocycles. The van der Waals surface area contributed by atoms with Gasteiger partial charge in [-0.2, -0.15) is 0 Å². The smallest absolute Gasteiger partial charge is 0.155 e. The lowest BCUT2D eigenvalue weighted by Crippen LogP contribution is -1.92. The molecule has 0 bridgehead atoms. The minimum Gasteiger partial charge on any atom is -0.295 e. The summed E-state index contributed by atoms with van der Waals surface area (Å²) in [7, 11) is 0. The Morgan fingerprint density at radius 2 is 2.62 bits per heavy atom. The molecule has 0 amide bonds. The molecule has 0 aromatic heterocycles. The monoisotopic (exact) mass is 110 g/mol. The summed E-state index contributed by atoms with van der Waals surface area (Å²) in [5, 5.41) is 0. The molecule has 8 heavy (non-hydrogen) atoms. The van der Waals surface area contributed by atoms with Crippen LogP contribution in [0.3, 0.4) is 0 Å². The summed E-state index contributed by atoms with van der Waals surface area (Å²) in [6.07, 6.45) is 5.54. The Hall–Kier alpha value is -0.590. The fourth-order valence-corrected chi connectivity index (χ4v) is 0.918. The molecule has 0 heterocycles. The lowest BCUT2D eigenvalue weighted by atomic mass is 10.1. The number of allylic oxidation sites excluding steroid dienone is 2. The average Bonchev–Trinajstić information content (AvgIpc) is 2.14. The Bertz CT molecular complexity index is 124. The van der Waals surface area contributed by atoms with Gasteiger partial charge in [-0.3, -0.25) is 4.79 Å². The summed E-state index contributed by atoms with van der Waals surface area (Å²) >= 11 is 0. The van der Waals surface area contributed by atoms with E-state index >= 15 is 0 Å². The van der Waals surface area contributed by atoms with E-state index in [9.17, 15) is 4.79 Å². The minimum atomic E-state index is 0.289. The third-order valence-electron chi connectivity index (χ3n) is 1.54. The highest BCUT2D eigenvalue weighted by molar-refractivity contribution is 5.92. The van der Waals surface area contributed by atoms with Crippen molar-refractivity contribution in [3.63, 3.8) is 0 Å². The van der Waals surface area contributed by atoms with Gasteiger partial charge < -0.3 is 0 Å². The van der Waals surface area contributed by atoms with Crippen molar-refractivity contribution < 1.29 is 4.79 Å². The molecule has 0 N–H and O–H groups in total. The molecule has 1 aliphatic carbocycles. The maximum Gasteiger partial charge on any atom is 0.155 e. The summed E-state index contributed by atoms with van der Waals surface area (Å²) in [6, 6.07) is 0. The molecule has 1 atom stereocenters. The maximum atomic E-state index is 10.5. The molecule has 44 valence electrons. The number of hydrogen-bond acceptors (Lipinski definition) is 1. The molecule has 0 aromatic carbocycles. The number of carbonyl (C=O) groups is 1. The van der Waals surface area contributed by atoms with Crippen LogP contribution in [0.15, 0.2) is 12.2 Å². The molecule has 1 nitrogen and oxygen atoms in total. The topological polar surface area (TPSA) is 17.1 Å². The van der Waals surface area contributed by atoms with E-state index in [1.54, 1.807) is 6.08 Å². The second-order valence-corrected chi connectivity index (χ2v) is 2.20. The molecule has 0 saturated heterocycles. The van der Waals surface area contributed by atoms with Gasteiger partial charge in [0.25, 0.3) is 0 Å². The van der Waals surface area contributed by atoms with Crippen molar-refractivity contribution in [2.45, 2.75) is 19.8 Å². The Labute approximate surface area is 49.4 Å². The highest BCUT2D eigenvalue weighted by atomic mass is 16.1. The van der Waals surface area contributed by atoms with Crippen LogP contribution in [-0.4, -0.2) is 5.78 Å². The van der Waals surface area contributed by atoms with Crippen LogP contribution < -0.4 is 0 Å². The summed E-state index contributed by atoms with van der Waals surface area (Å²) in [6.45, 7) is 2.10. The van der Waals surface area contributed by atoms with Gasteiger partial charge in [0.05, 0.1) is 0 Å². The van der Waals surface area contributed by atoms with Crippen molar-refractivity contribution in [1.82, 2.24) is 0 Å². The number of ketones is 1. The number of carbonyl (C=O) groups excluding carboxylic acids is 1. The van der Waals surface area contributed by atoms with Crippen LogP contribution >= 0.6 is 0 Å². The molecule has 0 unspecified atom stereocenters. The van der Waals surface area contributed by atoms with Crippen LogP contribution in [0.1, 0.15) is 19.8 Å². The van der Waals surface area contributed by atoms with Gasteiger partial charge in [-0.25, -0.2) is 0 Å². The van der Waals surface area contributed by atoms with Crippen molar-refractivity contribution in [1.29, 1.82) is 0 Å². The highest BCUT2D eigenvalue weighted by Gasteiger charge is 2.12. The van der Waals surface area contributed by atoms with E-state index in [0.29, 0.717) is 5.92 Å². The molecular formula is C7H10O. The van der Waals surface area contributed by atoms with Gasteiger partial charge in [-0.05, 0) is 18.4 Å². The van der Waals surface area contributed by atoms with E-state index in [1.165, 1.54) is 0 Å². The van der Waals surface area contributed by atoms with Gasteiger partial charge >= 0.3 is 0 Å². The number of hydrogen-bond donors (Lipinski definition) is 0. The van der Waals surface area contributed by atoms with Crippen molar-refractivity contribution >= 4 is 5.78 Å². The van der Waals surface area contributed by atoms with Crippen LogP contribution in [0.5, 0.6) is 0 Å². The normalized spacial score (nSPS) is 27.1. The second kappa shape index (κ2) is 2.12. The highest BCUT2D eigenvalue weighted by Crippen LogP contribution is 2.16. The third-order valence-corrected chi connectivity index (χ3v) is 1.54. The van der Waals surface area contributed by atoms with Crippen LogP contribution in [0.4, 0.5) is 0 Å². The summed E-state index contributed by atoms with van der Waals surface area (Å²) in [4.78, 5) is 10.5. The molecule has 0 radical (unpaired) electrons. The predicted octanol–water partition coefficient (Wildman–Crippen LogP) is 1.54. The lowest BCUT2D eigenvalue weighted by molar-refractivity contribution is -0.114. The van der Waals surface area contributed by atoms with Gasteiger partial charge in [0.1, 0.15) is 0 Å². The van der Waals surface area contributed by atoms with E-state index in [-0.39, 0.29) is 5.78 Å².